The van der Waals surface area contributed by atoms with Crippen LogP contribution in [0.3, 0.4) is 0 Å². The van der Waals surface area contributed by atoms with Gasteiger partial charge < -0.3 is 4.74 Å². The van der Waals surface area contributed by atoms with Gasteiger partial charge in [-0.15, -0.1) is 0 Å². The number of methoxy groups -OCH3 is 1. The maximum Gasteiger partial charge on any atom is 0.219 e. The highest BCUT2D eigenvalue weighted by atomic mass is 16.5. The first-order valence-corrected chi connectivity index (χ1v) is 8.69. The van der Waals surface area contributed by atoms with Crippen LogP contribution in [-0.2, 0) is 6.42 Å². The number of nitrogens with zero attached hydrogens (tertiary/aromatic N) is 3. The molecule has 4 nitrogen and oxygen atoms in total. The van der Waals surface area contributed by atoms with Crippen molar-refractivity contribution in [1.82, 2.24) is 9.97 Å². The van der Waals surface area contributed by atoms with Crippen molar-refractivity contribution in [2.45, 2.75) is 26.7 Å². The highest BCUT2D eigenvalue weighted by Gasteiger charge is 2.13. The van der Waals surface area contributed by atoms with Crippen molar-refractivity contribution in [1.29, 1.82) is 5.26 Å². The third-order valence-electron chi connectivity index (χ3n) is 4.38. The van der Waals surface area contributed by atoms with Crippen LogP contribution in [0.25, 0.3) is 22.5 Å². The number of hydrogen-bond donors (Lipinski definition) is 0. The van der Waals surface area contributed by atoms with Crippen molar-refractivity contribution in [3.8, 4) is 34.5 Å². The Morgan fingerprint density at radius 3 is 2.35 bits per heavy atom. The number of nitriles is 1. The first-order chi connectivity index (χ1) is 12.7. The fourth-order valence-electron chi connectivity index (χ4n) is 2.98. The second-order valence-corrected chi connectivity index (χ2v) is 6.11. The minimum Gasteiger partial charge on any atom is -0.481 e. The predicted octanol–water partition coefficient (Wildman–Crippen LogP) is 4.95. The molecule has 1 aromatic heterocycles. The zero-order valence-electron chi connectivity index (χ0n) is 15.3. The van der Waals surface area contributed by atoms with Crippen molar-refractivity contribution in [3.63, 3.8) is 0 Å². The van der Waals surface area contributed by atoms with Gasteiger partial charge in [0.05, 0.1) is 24.4 Å². The van der Waals surface area contributed by atoms with Crippen LogP contribution in [0.5, 0.6) is 5.88 Å². The maximum atomic E-state index is 9.29. The van der Waals surface area contributed by atoms with Crippen LogP contribution in [0, 0.1) is 18.3 Å². The smallest absolute Gasteiger partial charge is 0.219 e. The van der Waals surface area contributed by atoms with E-state index >= 15 is 0 Å². The summed E-state index contributed by atoms with van der Waals surface area (Å²) in [5.74, 6) is 1.29. The van der Waals surface area contributed by atoms with Gasteiger partial charge in [0.2, 0.25) is 5.88 Å². The summed E-state index contributed by atoms with van der Waals surface area (Å²) in [6.45, 7) is 4.13. The van der Waals surface area contributed by atoms with Gasteiger partial charge in [0.15, 0.2) is 5.82 Å². The molecule has 0 saturated heterocycles. The van der Waals surface area contributed by atoms with E-state index in [9.17, 15) is 5.26 Å². The molecule has 0 N–H and O–H groups in total. The van der Waals surface area contributed by atoms with E-state index in [1.165, 1.54) is 0 Å². The number of benzene rings is 2. The monoisotopic (exact) mass is 343 g/mol. The molecule has 3 aromatic rings. The fourth-order valence-corrected chi connectivity index (χ4v) is 2.98. The Morgan fingerprint density at radius 1 is 1.00 bits per heavy atom. The SMILES string of the molecule is CCCc1nc(-c2ccc(-c3ccccc3C#N)cc2)nc(OC)c1C. The van der Waals surface area contributed by atoms with Crippen molar-refractivity contribution in [2.75, 3.05) is 7.11 Å². The average molecular weight is 343 g/mol. The first-order valence-electron chi connectivity index (χ1n) is 8.69. The summed E-state index contributed by atoms with van der Waals surface area (Å²) in [6, 6.07) is 17.8. The number of ether oxygens (including phenoxy) is 1. The van der Waals surface area contributed by atoms with Crippen LogP contribution in [-0.4, -0.2) is 17.1 Å². The Hall–Kier alpha value is -3.19. The van der Waals surface area contributed by atoms with Gasteiger partial charge in [0.25, 0.3) is 0 Å². The number of hydrogen-bond acceptors (Lipinski definition) is 4. The lowest BCUT2D eigenvalue weighted by molar-refractivity contribution is 0.393. The van der Waals surface area contributed by atoms with Gasteiger partial charge in [-0.2, -0.15) is 10.2 Å². The summed E-state index contributed by atoms with van der Waals surface area (Å²) < 4.78 is 5.43. The van der Waals surface area contributed by atoms with Gasteiger partial charge in [-0.1, -0.05) is 55.8 Å². The minimum absolute atomic E-state index is 0.623. The molecule has 3 rings (SSSR count). The quantitative estimate of drug-likeness (QED) is 0.657. The molecule has 0 aliphatic carbocycles. The zero-order valence-corrected chi connectivity index (χ0v) is 15.3. The summed E-state index contributed by atoms with van der Waals surface area (Å²) >= 11 is 0. The molecule has 0 aliphatic rings. The lowest BCUT2D eigenvalue weighted by Gasteiger charge is -2.11. The van der Waals surface area contributed by atoms with Crippen LogP contribution in [0.15, 0.2) is 48.5 Å². The normalized spacial score (nSPS) is 10.4. The molecule has 0 saturated carbocycles. The van der Waals surface area contributed by atoms with Crippen LogP contribution in [0.2, 0.25) is 0 Å². The van der Waals surface area contributed by atoms with E-state index in [0.29, 0.717) is 17.3 Å². The van der Waals surface area contributed by atoms with Gasteiger partial charge in [-0.3, -0.25) is 0 Å². The molecular formula is C22H21N3O. The van der Waals surface area contributed by atoms with E-state index in [-0.39, 0.29) is 0 Å². The van der Waals surface area contributed by atoms with E-state index < -0.39 is 0 Å². The highest BCUT2D eigenvalue weighted by molar-refractivity contribution is 5.72. The maximum absolute atomic E-state index is 9.29. The molecule has 130 valence electrons. The molecule has 0 amide bonds. The minimum atomic E-state index is 0.623. The summed E-state index contributed by atoms with van der Waals surface area (Å²) in [6.07, 6.45) is 1.91. The number of aryl methyl sites for hydroxylation is 1. The fraction of sp³-hybridized carbons (Fsp3) is 0.227. The van der Waals surface area contributed by atoms with Crippen LogP contribution >= 0.6 is 0 Å². The van der Waals surface area contributed by atoms with Crippen molar-refractivity contribution in [2.24, 2.45) is 0 Å². The van der Waals surface area contributed by atoms with Crippen LogP contribution in [0.1, 0.15) is 30.2 Å². The largest absolute Gasteiger partial charge is 0.481 e. The Morgan fingerprint density at radius 2 is 1.69 bits per heavy atom. The van der Waals surface area contributed by atoms with E-state index in [2.05, 4.69) is 18.0 Å². The van der Waals surface area contributed by atoms with Gasteiger partial charge in [-0.05, 0) is 30.5 Å². The summed E-state index contributed by atoms with van der Waals surface area (Å²) in [4.78, 5) is 9.29. The molecular weight excluding hydrogens is 322 g/mol. The standard InChI is InChI=1S/C22H21N3O/c1-4-7-20-15(2)22(26-3)25-21(24-20)17-12-10-16(11-13-17)19-9-6-5-8-18(19)14-23/h5-6,8-13H,4,7H2,1-3H3. The molecule has 0 bridgehead atoms. The molecule has 0 unspecified atom stereocenters. The summed E-state index contributed by atoms with van der Waals surface area (Å²) in [5, 5.41) is 9.29. The topological polar surface area (TPSA) is 58.8 Å². The Bertz CT molecular complexity index is 956. The van der Waals surface area contributed by atoms with Crippen molar-refractivity contribution >= 4 is 0 Å². The van der Waals surface area contributed by atoms with Gasteiger partial charge in [0, 0.05) is 11.1 Å². The Kier molecular flexibility index (Phi) is 5.28. The third kappa shape index (κ3) is 3.43. The first kappa shape index (κ1) is 17.6. The van der Waals surface area contributed by atoms with E-state index in [1.54, 1.807) is 7.11 Å². The van der Waals surface area contributed by atoms with Crippen LogP contribution < -0.4 is 4.74 Å². The van der Waals surface area contributed by atoms with E-state index in [1.807, 2.05) is 55.5 Å². The molecule has 0 fully saturated rings. The van der Waals surface area contributed by atoms with Gasteiger partial charge >= 0.3 is 0 Å². The number of rotatable bonds is 5. The number of aromatic nitrogens is 2. The van der Waals surface area contributed by atoms with Crippen molar-refractivity contribution in [3.05, 3.63) is 65.4 Å². The van der Waals surface area contributed by atoms with Gasteiger partial charge in [-0.25, -0.2) is 4.98 Å². The average Bonchev–Trinajstić information content (AvgIpc) is 2.70. The molecule has 26 heavy (non-hydrogen) atoms. The summed E-state index contributed by atoms with van der Waals surface area (Å²) in [7, 11) is 1.64. The second kappa shape index (κ2) is 7.79. The zero-order chi connectivity index (χ0) is 18.5. The van der Waals surface area contributed by atoms with E-state index in [0.717, 1.165) is 40.8 Å². The molecule has 2 aromatic carbocycles. The lowest BCUT2D eigenvalue weighted by Crippen LogP contribution is -2.03. The predicted molar refractivity (Wildman–Crippen MR) is 103 cm³/mol. The molecule has 0 spiro atoms. The lowest BCUT2D eigenvalue weighted by atomic mass is 9.99. The molecule has 0 radical (unpaired) electrons. The van der Waals surface area contributed by atoms with E-state index in [4.69, 9.17) is 9.72 Å². The summed E-state index contributed by atoms with van der Waals surface area (Å²) in [5.41, 5.74) is 5.54. The van der Waals surface area contributed by atoms with Crippen molar-refractivity contribution < 1.29 is 4.74 Å². The highest BCUT2D eigenvalue weighted by Crippen LogP contribution is 2.28. The second-order valence-electron chi connectivity index (χ2n) is 6.11. The Balaban J connectivity index is 2.01. The molecule has 0 aliphatic heterocycles. The Labute approximate surface area is 154 Å². The molecule has 4 heteroatoms. The van der Waals surface area contributed by atoms with Crippen LogP contribution in [0.4, 0.5) is 0 Å². The molecule has 1 heterocycles. The molecule has 0 atom stereocenters. The van der Waals surface area contributed by atoms with Gasteiger partial charge in [0.1, 0.15) is 0 Å². The third-order valence-corrected chi connectivity index (χ3v) is 4.38.